The van der Waals surface area contributed by atoms with Gasteiger partial charge in [0.25, 0.3) is 0 Å². The fourth-order valence-corrected chi connectivity index (χ4v) is 2.42. The van der Waals surface area contributed by atoms with E-state index >= 15 is 0 Å². The summed E-state index contributed by atoms with van der Waals surface area (Å²) < 4.78 is 15.7. The lowest BCUT2D eigenvalue weighted by molar-refractivity contribution is 0.130. The fraction of sp³-hybridized carbons (Fsp3) is 0.286. The van der Waals surface area contributed by atoms with Gasteiger partial charge in [0.15, 0.2) is 0 Å². The molecular weight excluding hydrogens is 374 g/mol. The molecule has 0 atom stereocenters. The summed E-state index contributed by atoms with van der Waals surface area (Å²) >= 11 is 0. The van der Waals surface area contributed by atoms with Crippen LogP contribution in [-0.2, 0) is 4.74 Å². The molecule has 0 saturated carbocycles. The summed E-state index contributed by atoms with van der Waals surface area (Å²) in [6.07, 6.45) is -1.38. The highest BCUT2D eigenvalue weighted by atomic mass is 16.6. The van der Waals surface area contributed by atoms with Crippen molar-refractivity contribution in [3.63, 3.8) is 0 Å². The van der Waals surface area contributed by atoms with Crippen molar-refractivity contribution in [3.05, 3.63) is 48.5 Å². The Morgan fingerprint density at radius 3 is 2.55 bits per heavy atom. The minimum absolute atomic E-state index is 0.134. The van der Waals surface area contributed by atoms with E-state index < -0.39 is 12.2 Å². The van der Waals surface area contributed by atoms with Crippen LogP contribution in [-0.4, -0.2) is 31.9 Å². The molecule has 2 aromatic carbocycles. The number of nitrogens with zero attached hydrogens (tertiary/aromatic N) is 2. The van der Waals surface area contributed by atoms with Crippen molar-refractivity contribution in [2.24, 2.45) is 0 Å². The summed E-state index contributed by atoms with van der Waals surface area (Å²) in [6.45, 7) is 3.64. The third-order valence-electron chi connectivity index (χ3n) is 3.66. The minimum atomic E-state index is -0.657. The van der Waals surface area contributed by atoms with Crippen molar-refractivity contribution in [1.82, 2.24) is 0 Å². The average Bonchev–Trinajstić information content (AvgIpc) is 2.68. The van der Waals surface area contributed by atoms with Gasteiger partial charge in [-0.05, 0) is 38.1 Å². The van der Waals surface area contributed by atoms with Gasteiger partial charge in [-0.2, -0.15) is 5.26 Å². The first-order valence-electron chi connectivity index (χ1n) is 9.01. The molecule has 0 fully saturated rings. The number of hydrogen-bond acceptors (Lipinski definition) is 6. The highest BCUT2D eigenvalue weighted by molar-refractivity contribution is 5.90. The number of carbonyl (C=O) groups is 2. The van der Waals surface area contributed by atoms with Gasteiger partial charge in [-0.15, -0.1) is 0 Å². The maximum Gasteiger partial charge on any atom is 0.419 e. The fourth-order valence-electron chi connectivity index (χ4n) is 2.42. The molecule has 152 valence electrons. The molecule has 0 heterocycles. The lowest BCUT2D eigenvalue weighted by Gasteiger charge is -2.21. The lowest BCUT2D eigenvalue weighted by atomic mass is 10.2. The van der Waals surface area contributed by atoms with Crippen molar-refractivity contribution in [2.45, 2.75) is 26.4 Å². The summed E-state index contributed by atoms with van der Waals surface area (Å²) in [5, 5.41) is 11.5. The average molecular weight is 397 g/mol. The zero-order valence-electron chi connectivity index (χ0n) is 16.5. The molecule has 0 aliphatic carbocycles. The molecular formula is C21H23N3O5. The van der Waals surface area contributed by atoms with Crippen LogP contribution in [0.5, 0.6) is 11.5 Å². The zero-order chi connectivity index (χ0) is 21.2. The molecule has 1 N–H and O–H groups in total. The van der Waals surface area contributed by atoms with E-state index in [9.17, 15) is 9.59 Å². The number of nitrogens with one attached hydrogen (secondary N) is 1. The van der Waals surface area contributed by atoms with Crippen LogP contribution >= 0.6 is 0 Å². The summed E-state index contributed by atoms with van der Waals surface area (Å²) in [5.41, 5.74) is 0.963. The molecule has 0 unspecified atom stereocenters. The van der Waals surface area contributed by atoms with Gasteiger partial charge in [-0.25, -0.2) is 9.59 Å². The van der Waals surface area contributed by atoms with Crippen molar-refractivity contribution in [1.29, 1.82) is 5.26 Å². The molecule has 2 rings (SSSR count). The molecule has 0 aliphatic rings. The minimum Gasteiger partial charge on any atom is -0.497 e. The summed E-state index contributed by atoms with van der Waals surface area (Å²) in [6, 6.07) is 15.3. The maximum atomic E-state index is 12.7. The monoisotopic (exact) mass is 397 g/mol. The van der Waals surface area contributed by atoms with Crippen molar-refractivity contribution in [2.75, 3.05) is 23.9 Å². The highest BCUT2D eigenvalue weighted by Gasteiger charge is 2.19. The Hall–Kier alpha value is -3.73. The molecule has 8 nitrogen and oxygen atoms in total. The second-order valence-electron chi connectivity index (χ2n) is 6.24. The third kappa shape index (κ3) is 6.74. The van der Waals surface area contributed by atoms with E-state index in [-0.39, 0.29) is 24.8 Å². The number of amides is 2. The predicted octanol–water partition coefficient (Wildman–Crippen LogP) is 4.57. The molecule has 0 saturated heterocycles. The quantitative estimate of drug-likeness (QED) is 0.734. The van der Waals surface area contributed by atoms with Crippen LogP contribution in [0, 0.1) is 11.3 Å². The van der Waals surface area contributed by atoms with Crippen LogP contribution in [0.1, 0.15) is 20.3 Å². The van der Waals surface area contributed by atoms with Crippen molar-refractivity contribution >= 4 is 23.6 Å². The third-order valence-corrected chi connectivity index (χ3v) is 3.66. The van der Waals surface area contributed by atoms with Crippen LogP contribution in [0.2, 0.25) is 0 Å². The molecule has 2 aromatic rings. The predicted molar refractivity (Wildman–Crippen MR) is 108 cm³/mol. The van der Waals surface area contributed by atoms with E-state index in [1.807, 2.05) is 6.07 Å². The standard InChI is InChI=1S/C21H23N3O5/c1-15(2)28-20(25)23-16-7-4-10-19(13-16)29-21(26)24(12-6-11-22)17-8-5-9-18(14-17)27-3/h4-5,7-10,13-15H,6,12H2,1-3H3,(H,23,25). The maximum absolute atomic E-state index is 12.7. The van der Waals surface area contributed by atoms with Crippen LogP contribution in [0.15, 0.2) is 48.5 Å². The lowest BCUT2D eigenvalue weighted by Crippen LogP contribution is -2.34. The van der Waals surface area contributed by atoms with Crippen LogP contribution < -0.4 is 19.7 Å². The normalized spacial score (nSPS) is 10.0. The Morgan fingerprint density at radius 2 is 1.86 bits per heavy atom. The molecule has 29 heavy (non-hydrogen) atoms. The van der Waals surface area contributed by atoms with Gasteiger partial charge in [-0.3, -0.25) is 10.2 Å². The summed E-state index contributed by atoms with van der Waals surface area (Å²) in [4.78, 5) is 25.8. The van der Waals surface area contributed by atoms with Gasteiger partial charge >= 0.3 is 12.2 Å². The van der Waals surface area contributed by atoms with Crippen LogP contribution in [0.3, 0.4) is 0 Å². The first-order chi connectivity index (χ1) is 13.9. The Balaban J connectivity index is 2.15. The van der Waals surface area contributed by atoms with Gasteiger partial charge in [0.2, 0.25) is 0 Å². The molecule has 8 heteroatoms. The van der Waals surface area contributed by atoms with E-state index in [4.69, 9.17) is 19.5 Å². The number of benzene rings is 2. The first-order valence-corrected chi connectivity index (χ1v) is 9.01. The van der Waals surface area contributed by atoms with Gasteiger partial charge in [0.1, 0.15) is 11.5 Å². The molecule has 0 radical (unpaired) electrons. The smallest absolute Gasteiger partial charge is 0.419 e. The second-order valence-corrected chi connectivity index (χ2v) is 6.24. The largest absolute Gasteiger partial charge is 0.497 e. The van der Waals surface area contributed by atoms with Crippen LogP contribution in [0.4, 0.5) is 21.0 Å². The number of rotatable bonds is 7. The van der Waals surface area contributed by atoms with E-state index in [0.29, 0.717) is 17.1 Å². The second kappa shape index (κ2) is 10.6. The Morgan fingerprint density at radius 1 is 1.14 bits per heavy atom. The van der Waals surface area contributed by atoms with Crippen molar-refractivity contribution in [3.8, 4) is 17.6 Å². The number of nitriles is 1. The number of ether oxygens (including phenoxy) is 3. The Kier molecular flexibility index (Phi) is 7.86. The summed E-state index contributed by atoms with van der Waals surface area (Å²) in [5.74, 6) is 0.814. The Labute approximate surface area is 169 Å². The molecule has 2 amide bonds. The molecule has 0 aromatic heterocycles. The topological polar surface area (TPSA) is 101 Å². The van der Waals surface area contributed by atoms with Crippen LogP contribution in [0.25, 0.3) is 0 Å². The van der Waals surface area contributed by atoms with Crippen molar-refractivity contribution < 1.29 is 23.8 Å². The SMILES string of the molecule is COc1cccc(N(CCC#N)C(=O)Oc2cccc(NC(=O)OC(C)C)c2)c1. The number of methoxy groups -OCH3 is 1. The number of anilines is 2. The van der Waals surface area contributed by atoms with Gasteiger partial charge < -0.3 is 14.2 Å². The van der Waals surface area contributed by atoms with E-state index in [0.717, 1.165) is 0 Å². The highest BCUT2D eigenvalue weighted by Crippen LogP contribution is 2.24. The molecule has 0 spiro atoms. The Bertz CT molecular complexity index is 892. The number of hydrogen-bond donors (Lipinski definition) is 1. The van der Waals surface area contributed by atoms with E-state index in [1.165, 1.54) is 18.1 Å². The van der Waals surface area contributed by atoms with Gasteiger partial charge in [-0.1, -0.05) is 12.1 Å². The molecule has 0 aliphatic heterocycles. The zero-order valence-corrected chi connectivity index (χ0v) is 16.5. The first kappa shape index (κ1) is 21.6. The van der Waals surface area contributed by atoms with Gasteiger partial charge in [0, 0.05) is 24.4 Å². The van der Waals surface area contributed by atoms with Gasteiger partial charge in [0.05, 0.1) is 31.4 Å². The molecule has 0 bridgehead atoms. The summed E-state index contributed by atoms with van der Waals surface area (Å²) in [7, 11) is 1.53. The van der Waals surface area contributed by atoms with E-state index in [2.05, 4.69) is 5.32 Å². The number of carbonyl (C=O) groups excluding carboxylic acids is 2. The van der Waals surface area contributed by atoms with E-state index in [1.54, 1.807) is 56.3 Å².